The molecule has 1 saturated carbocycles. The van der Waals surface area contributed by atoms with Crippen LogP contribution in [0.1, 0.15) is 36.0 Å². The second-order valence-electron chi connectivity index (χ2n) is 5.24. The van der Waals surface area contributed by atoms with Crippen molar-refractivity contribution < 1.29 is 14.0 Å². The molecule has 0 radical (unpaired) electrons. The summed E-state index contributed by atoms with van der Waals surface area (Å²) in [7, 11) is 0. The Bertz CT molecular complexity index is 498. The molecule has 0 atom stereocenters. The number of primary amides is 1. The first-order valence-corrected chi connectivity index (χ1v) is 6.87. The molecule has 0 heterocycles. The minimum Gasteiger partial charge on any atom is -0.369 e. The van der Waals surface area contributed by atoms with Gasteiger partial charge < -0.3 is 5.73 Å². The molecule has 0 bridgehead atoms. The summed E-state index contributed by atoms with van der Waals surface area (Å²) in [5, 5.41) is 0. The summed E-state index contributed by atoms with van der Waals surface area (Å²) in [5.74, 6) is -1.06. The molecule has 108 valence electrons. The Kier molecular flexibility index (Phi) is 4.84. The average molecular weight is 278 g/mol. The van der Waals surface area contributed by atoms with Crippen molar-refractivity contribution in [1.29, 1.82) is 0 Å². The van der Waals surface area contributed by atoms with Crippen molar-refractivity contribution in [2.24, 2.45) is 5.73 Å². The molecule has 1 fully saturated rings. The van der Waals surface area contributed by atoms with Crippen molar-refractivity contribution in [2.45, 2.75) is 31.7 Å². The van der Waals surface area contributed by atoms with E-state index in [9.17, 15) is 14.0 Å². The van der Waals surface area contributed by atoms with E-state index in [0.29, 0.717) is 5.56 Å². The SMILES string of the molecule is NC(=O)CN(CC(=O)c1cccc(F)c1)C1CCCC1. The predicted octanol–water partition coefficient (Wildman–Crippen LogP) is 1.74. The number of ketones is 1. The molecule has 2 rings (SSSR count). The molecule has 0 aliphatic heterocycles. The van der Waals surface area contributed by atoms with Gasteiger partial charge in [0.1, 0.15) is 5.82 Å². The van der Waals surface area contributed by atoms with Crippen molar-refractivity contribution in [3.05, 3.63) is 35.6 Å². The van der Waals surface area contributed by atoms with Crippen molar-refractivity contribution in [2.75, 3.05) is 13.1 Å². The average Bonchev–Trinajstić information content (AvgIpc) is 2.91. The van der Waals surface area contributed by atoms with E-state index in [1.165, 1.54) is 18.2 Å². The summed E-state index contributed by atoms with van der Waals surface area (Å²) in [4.78, 5) is 25.2. The minimum absolute atomic E-state index is 0.0751. The molecule has 5 heteroatoms. The van der Waals surface area contributed by atoms with E-state index in [-0.39, 0.29) is 24.9 Å². The first-order chi connectivity index (χ1) is 9.56. The van der Waals surface area contributed by atoms with Gasteiger partial charge in [0, 0.05) is 11.6 Å². The number of Topliss-reactive ketones (excluding diaryl/α,β-unsaturated/α-hetero) is 1. The van der Waals surface area contributed by atoms with E-state index < -0.39 is 11.7 Å². The Hall–Kier alpha value is -1.75. The van der Waals surface area contributed by atoms with Crippen LogP contribution in [0.25, 0.3) is 0 Å². The molecule has 1 aliphatic rings. The molecule has 1 aliphatic carbocycles. The second-order valence-corrected chi connectivity index (χ2v) is 5.24. The maximum Gasteiger partial charge on any atom is 0.231 e. The Morgan fingerprint density at radius 1 is 1.25 bits per heavy atom. The third-order valence-electron chi connectivity index (χ3n) is 3.69. The smallest absolute Gasteiger partial charge is 0.231 e. The Labute approximate surface area is 117 Å². The van der Waals surface area contributed by atoms with Crippen LogP contribution < -0.4 is 5.73 Å². The van der Waals surface area contributed by atoms with Crippen molar-refractivity contribution >= 4 is 11.7 Å². The Balaban J connectivity index is 2.06. The fraction of sp³-hybridized carbons (Fsp3) is 0.467. The number of carbonyl (C=O) groups is 2. The quantitative estimate of drug-likeness (QED) is 0.806. The zero-order valence-corrected chi connectivity index (χ0v) is 11.3. The van der Waals surface area contributed by atoms with Gasteiger partial charge in [0.25, 0.3) is 0 Å². The number of carbonyl (C=O) groups excluding carboxylic acids is 2. The second kappa shape index (κ2) is 6.61. The van der Waals surface area contributed by atoms with Crippen LogP contribution >= 0.6 is 0 Å². The van der Waals surface area contributed by atoms with Crippen molar-refractivity contribution in [3.63, 3.8) is 0 Å². The lowest BCUT2D eigenvalue weighted by atomic mass is 10.1. The van der Waals surface area contributed by atoms with Gasteiger partial charge in [-0.25, -0.2) is 4.39 Å². The highest BCUT2D eigenvalue weighted by molar-refractivity contribution is 5.97. The highest BCUT2D eigenvalue weighted by Gasteiger charge is 2.25. The monoisotopic (exact) mass is 278 g/mol. The number of hydrogen-bond donors (Lipinski definition) is 1. The van der Waals surface area contributed by atoms with Crippen LogP contribution in [0.15, 0.2) is 24.3 Å². The predicted molar refractivity (Wildman–Crippen MR) is 73.8 cm³/mol. The largest absolute Gasteiger partial charge is 0.369 e. The van der Waals surface area contributed by atoms with Gasteiger partial charge in [-0.15, -0.1) is 0 Å². The number of halogens is 1. The van der Waals surface area contributed by atoms with Crippen molar-refractivity contribution in [3.8, 4) is 0 Å². The van der Waals surface area contributed by atoms with Crippen LogP contribution in [0.2, 0.25) is 0 Å². The third-order valence-corrected chi connectivity index (χ3v) is 3.69. The van der Waals surface area contributed by atoms with Gasteiger partial charge in [0.15, 0.2) is 5.78 Å². The lowest BCUT2D eigenvalue weighted by Gasteiger charge is -2.26. The van der Waals surface area contributed by atoms with Gasteiger partial charge in [-0.3, -0.25) is 14.5 Å². The molecule has 4 nitrogen and oxygen atoms in total. The first kappa shape index (κ1) is 14.7. The summed E-state index contributed by atoms with van der Waals surface area (Å²) in [6.45, 7) is 0.183. The molecule has 0 spiro atoms. The molecule has 1 aromatic rings. The number of benzene rings is 1. The summed E-state index contributed by atoms with van der Waals surface area (Å²) >= 11 is 0. The van der Waals surface area contributed by atoms with Gasteiger partial charge in [-0.05, 0) is 25.0 Å². The van der Waals surface area contributed by atoms with Crippen LogP contribution in [0.5, 0.6) is 0 Å². The van der Waals surface area contributed by atoms with Crippen molar-refractivity contribution in [1.82, 2.24) is 4.90 Å². The van der Waals surface area contributed by atoms with Gasteiger partial charge in [0.2, 0.25) is 5.91 Å². The highest BCUT2D eigenvalue weighted by Crippen LogP contribution is 2.23. The molecule has 1 aromatic carbocycles. The maximum atomic E-state index is 13.1. The number of rotatable bonds is 6. The molecule has 0 unspecified atom stereocenters. The summed E-state index contributed by atoms with van der Waals surface area (Å²) in [6, 6.07) is 5.84. The zero-order chi connectivity index (χ0) is 14.5. The molecular weight excluding hydrogens is 259 g/mol. The number of nitrogens with two attached hydrogens (primary N) is 1. The molecule has 20 heavy (non-hydrogen) atoms. The first-order valence-electron chi connectivity index (χ1n) is 6.87. The molecule has 0 aromatic heterocycles. The topological polar surface area (TPSA) is 63.4 Å². The lowest BCUT2D eigenvalue weighted by molar-refractivity contribution is -0.119. The normalized spacial score (nSPS) is 15.7. The molecule has 0 saturated heterocycles. The highest BCUT2D eigenvalue weighted by atomic mass is 19.1. The number of amides is 1. The standard InChI is InChI=1S/C15H19FN2O2/c16-12-5-3-4-11(8-12)14(19)9-18(10-15(17)20)13-6-1-2-7-13/h3-5,8,13H,1-2,6-7,9-10H2,(H2,17,20). The van der Waals surface area contributed by atoms with E-state index in [1.807, 2.05) is 4.90 Å². The summed E-state index contributed by atoms with van der Waals surface area (Å²) < 4.78 is 13.1. The van der Waals surface area contributed by atoms with Gasteiger partial charge >= 0.3 is 0 Å². The Morgan fingerprint density at radius 3 is 2.55 bits per heavy atom. The van der Waals surface area contributed by atoms with Crippen LogP contribution in [0.4, 0.5) is 4.39 Å². The van der Waals surface area contributed by atoms with Gasteiger partial charge in [-0.1, -0.05) is 25.0 Å². The Morgan fingerprint density at radius 2 is 1.95 bits per heavy atom. The fourth-order valence-corrected chi connectivity index (χ4v) is 2.72. The van der Waals surface area contributed by atoms with E-state index in [1.54, 1.807) is 6.07 Å². The van der Waals surface area contributed by atoms with E-state index in [4.69, 9.17) is 5.73 Å². The van der Waals surface area contributed by atoms with Gasteiger partial charge in [-0.2, -0.15) is 0 Å². The maximum absolute atomic E-state index is 13.1. The van der Waals surface area contributed by atoms with E-state index in [2.05, 4.69) is 0 Å². The molecule has 1 amide bonds. The van der Waals surface area contributed by atoms with Crippen LogP contribution in [-0.4, -0.2) is 35.7 Å². The van der Waals surface area contributed by atoms with Gasteiger partial charge in [0.05, 0.1) is 13.1 Å². The number of hydrogen-bond acceptors (Lipinski definition) is 3. The van der Waals surface area contributed by atoms with E-state index >= 15 is 0 Å². The van der Waals surface area contributed by atoms with Crippen LogP contribution in [0.3, 0.4) is 0 Å². The lowest BCUT2D eigenvalue weighted by Crippen LogP contribution is -2.43. The number of nitrogens with zero attached hydrogens (tertiary/aromatic N) is 1. The minimum atomic E-state index is -0.441. The van der Waals surface area contributed by atoms with Crippen LogP contribution in [0, 0.1) is 5.82 Å². The summed E-state index contributed by atoms with van der Waals surface area (Å²) in [6.07, 6.45) is 4.16. The van der Waals surface area contributed by atoms with Crippen LogP contribution in [-0.2, 0) is 4.79 Å². The fourth-order valence-electron chi connectivity index (χ4n) is 2.72. The zero-order valence-electron chi connectivity index (χ0n) is 11.3. The summed E-state index contributed by atoms with van der Waals surface area (Å²) in [5.41, 5.74) is 5.58. The molecular formula is C15H19FN2O2. The van der Waals surface area contributed by atoms with E-state index in [0.717, 1.165) is 25.7 Å². The third kappa shape index (κ3) is 3.87. The molecule has 2 N–H and O–H groups in total.